The average Bonchev–Trinajstić information content (AvgIpc) is 3.27. The van der Waals surface area contributed by atoms with E-state index in [9.17, 15) is 9.59 Å². The van der Waals surface area contributed by atoms with Crippen molar-refractivity contribution in [2.24, 2.45) is 10.7 Å². The Morgan fingerprint density at radius 3 is 2.61 bits per heavy atom. The van der Waals surface area contributed by atoms with Crippen LogP contribution >= 0.6 is 0 Å². The molecule has 1 aromatic rings. The molecule has 9 nitrogen and oxygen atoms in total. The van der Waals surface area contributed by atoms with E-state index in [0.29, 0.717) is 17.9 Å². The van der Waals surface area contributed by atoms with Gasteiger partial charge in [-0.1, -0.05) is 26.3 Å². The summed E-state index contributed by atoms with van der Waals surface area (Å²) in [5.74, 6) is -0.427. The van der Waals surface area contributed by atoms with Crippen molar-refractivity contribution in [1.29, 1.82) is 0 Å². The van der Waals surface area contributed by atoms with Gasteiger partial charge in [0.2, 0.25) is 0 Å². The standard InChI is InChI=1S/C22H30N6O3/c1-5-19-26-22(25-18(23)13-12-15(2)21(30)31)24-14-8-11-17(20(29)27(3)4)28(19)16-9-6-7-10-16/h8,11-14,16H,2,5-7,9-10H2,1,3-4H3,(H,30,31)(H2,23,24,25)/b13-12-,14-8?,17-11?,26-19?. The van der Waals surface area contributed by atoms with Crippen LogP contribution < -0.4 is 5.73 Å². The Balaban J connectivity index is 2.66. The lowest BCUT2D eigenvalue weighted by atomic mass is 10.2. The Labute approximate surface area is 182 Å². The number of amidine groups is 1. The van der Waals surface area contributed by atoms with Crippen molar-refractivity contribution in [2.45, 2.75) is 45.1 Å². The summed E-state index contributed by atoms with van der Waals surface area (Å²) in [7, 11) is 3.44. The van der Waals surface area contributed by atoms with Crippen LogP contribution in [0, 0.1) is 0 Å². The molecule has 0 spiro atoms. The predicted molar refractivity (Wildman–Crippen MR) is 120 cm³/mol. The highest BCUT2D eigenvalue weighted by Gasteiger charge is 2.23. The van der Waals surface area contributed by atoms with Crippen LogP contribution in [0.3, 0.4) is 0 Å². The first kappa shape index (κ1) is 23.8. The molecule has 31 heavy (non-hydrogen) atoms. The van der Waals surface area contributed by atoms with Gasteiger partial charge in [0.15, 0.2) is 0 Å². The minimum atomic E-state index is -1.14. The molecule has 1 heterocycles. The Hall–Kier alpha value is -3.49. The number of aromatic nitrogens is 3. The number of hydrogen-bond donors (Lipinski definition) is 2. The molecular formula is C22H30N6O3. The topological polar surface area (TPSA) is 127 Å². The number of hydrogen-bond acceptors (Lipinski definition) is 5. The maximum absolute atomic E-state index is 12.9. The van der Waals surface area contributed by atoms with Gasteiger partial charge < -0.3 is 20.3 Å². The van der Waals surface area contributed by atoms with Gasteiger partial charge in [-0.3, -0.25) is 4.79 Å². The summed E-state index contributed by atoms with van der Waals surface area (Å²) in [6.45, 7) is 5.38. The third-order valence-corrected chi connectivity index (χ3v) is 4.89. The fourth-order valence-electron chi connectivity index (χ4n) is 3.35. The lowest BCUT2D eigenvalue weighted by Gasteiger charge is -2.22. The molecule has 1 aromatic heterocycles. The first-order valence-corrected chi connectivity index (χ1v) is 10.2. The van der Waals surface area contributed by atoms with E-state index in [4.69, 9.17) is 10.8 Å². The van der Waals surface area contributed by atoms with E-state index in [0.717, 1.165) is 25.7 Å². The minimum Gasteiger partial charge on any atom is -0.478 e. The number of rotatable bonds is 7. The molecule has 3 N–H and O–H groups in total. The summed E-state index contributed by atoms with van der Waals surface area (Å²) >= 11 is 0. The SMILES string of the molecule is C=C(/C=C\C(N)=N/c1ncccc(C(=O)N(C)C)n(C2CCCC2)c(CC)n1)C(=O)O. The lowest BCUT2D eigenvalue weighted by molar-refractivity contribution is -0.132. The monoisotopic (exact) mass is 426 g/mol. The second-order valence-corrected chi connectivity index (χ2v) is 7.41. The van der Waals surface area contributed by atoms with E-state index in [1.807, 2.05) is 11.5 Å². The van der Waals surface area contributed by atoms with Crippen molar-refractivity contribution < 1.29 is 14.7 Å². The molecule has 0 bridgehead atoms. The molecule has 0 aliphatic heterocycles. The third-order valence-electron chi connectivity index (χ3n) is 4.89. The normalized spacial score (nSPS) is 14.5. The van der Waals surface area contributed by atoms with Crippen LogP contribution in [0.1, 0.15) is 55.0 Å². The number of carboxylic acid groups (broad SMARTS) is 1. The zero-order chi connectivity index (χ0) is 23.0. The number of carbonyl (C=O) groups is 2. The molecule has 0 saturated heterocycles. The van der Waals surface area contributed by atoms with Crippen molar-refractivity contribution in [1.82, 2.24) is 19.4 Å². The van der Waals surface area contributed by atoms with Crippen LogP contribution in [-0.2, 0) is 11.2 Å². The maximum atomic E-state index is 12.9. The highest BCUT2D eigenvalue weighted by Crippen LogP contribution is 2.31. The summed E-state index contributed by atoms with van der Waals surface area (Å²) in [5, 5.41) is 8.90. The van der Waals surface area contributed by atoms with Gasteiger partial charge in [-0.15, -0.1) is 0 Å². The fraction of sp³-hybridized carbons (Fsp3) is 0.409. The average molecular weight is 427 g/mol. The quantitative estimate of drug-likeness (QED) is 0.299. The van der Waals surface area contributed by atoms with E-state index in [-0.39, 0.29) is 29.3 Å². The van der Waals surface area contributed by atoms with Crippen LogP contribution in [0.5, 0.6) is 0 Å². The molecule has 2 rings (SSSR count). The van der Waals surface area contributed by atoms with Gasteiger partial charge in [-0.25, -0.2) is 9.78 Å². The van der Waals surface area contributed by atoms with Crippen molar-refractivity contribution in [2.75, 3.05) is 14.1 Å². The summed E-state index contributed by atoms with van der Waals surface area (Å²) < 4.78 is 2.01. The molecular weight excluding hydrogens is 396 g/mol. The first-order chi connectivity index (χ1) is 14.7. The number of carbonyl (C=O) groups excluding carboxylic acids is 1. The van der Waals surface area contributed by atoms with Crippen molar-refractivity contribution in [3.8, 4) is 0 Å². The van der Waals surface area contributed by atoms with Gasteiger partial charge in [-0.2, -0.15) is 9.98 Å². The number of amides is 1. The Morgan fingerprint density at radius 1 is 1.35 bits per heavy atom. The van der Waals surface area contributed by atoms with Crippen LogP contribution in [0.2, 0.25) is 0 Å². The Morgan fingerprint density at radius 2 is 2.03 bits per heavy atom. The highest BCUT2D eigenvalue weighted by atomic mass is 16.4. The number of carboxylic acids is 1. The molecule has 1 amide bonds. The molecule has 1 aliphatic carbocycles. The fourth-order valence-corrected chi connectivity index (χ4v) is 3.35. The van der Waals surface area contributed by atoms with Crippen LogP contribution in [0.4, 0.5) is 5.95 Å². The zero-order valence-electron chi connectivity index (χ0n) is 18.3. The summed E-state index contributed by atoms with van der Waals surface area (Å²) in [6, 6.07) is 3.60. The second-order valence-electron chi connectivity index (χ2n) is 7.41. The van der Waals surface area contributed by atoms with E-state index in [1.165, 1.54) is 18.3 Å². The van der Waals surface area contributed by atoms with Gasteiger partial charge in [0.1, 0.15) is 17.4 Å². The highest BCUT2D eigenvalue weighted by molar-refractivity contribution is 5.96. The number of nitrogens with two attached hydrogens (primary N) is 1. The molecule has 1 aliphatic rings. The lowest BCUT2D eigenvalue weighted by Crippen LogP contribution is -2.28. The Kier molecular flexibility index (Phi) is 8.48. The van der Waals surface area contributed by atoms with Gasteiger partial charge in [0.05, 0.1) is 5.57 Å². The molecule has 0 radical (unpaired) electrons. The van der Waals surface area contributed by atoms with Gasteiger partial charge >= 0.3 is 5.97 Å². The number of aliphatic carboxylic acids is 1. The van der Waals surface area contributed by atoms with Crippen molar-refractivity contribution in [3.05, 3.63) is 54.2 Å². The molecule has 1 fully saturated rings. The van der Waals surface area contributed by atoms with Crippen LogP contribution in [-0.4, -0.2) is 56.3 Å². The number of aryl methyl sites for hydroxylation is 1. The van der Waals surface area contributed by atoms with Crippen molar-refractivity contribution in [3.63, 3.8) is 0 Å². The van der Waals surface area contributed by atoms with Crippen LogP contribution in [0.25, 0.3) is 0 Å². The molecule has 1 saturated carbocycles. The zero-order valence-corrected chi connectivity index (χ0v) is 18.3. The van der Waals surface area contributed by atoms with Crippen molar-refractivity contribution >= 4 is 23.7 Å². The van der Waals surface area contributed by atoms with E-state index in [2.05, 4.69) is 21.5 Å². The number of aliphatic imine (C=N–C) groups is 1. The van der Waals surface area contributed by atoms with Gasteiger partial charge in [0, 0.05) is 32.8 Å². The van der Waals surface area contributed by atoms with E-state index in [1.54, 1.807) is 31.1 Å². The van der Waals surface area contributed by atoms with Gasteiger partial charge in [0.25, 0.3) is 11.9 Å². The van der Waals surface area contributed by atoms with E-state index >= 15 is 0 Å². The summed E-state index contributed by atoms with van der Waals surface area (Å²) in [6.07, 6.45) is 8.81. The number of nitrogens with zero attached hydrogens (tertiary/aromatic N) is 5. The minimum absolute atomic E-state index is 0.0398. The third kappa shape index (κ3) is 6.50. The maximum Gasteiger partial charge on any atom is 0.335 e. The molecule has 0 atom stereocenters. The first-order valence-electron chi connectivity index (χ1n) is 10.2. The molecule has 0 aromatic carbocycles. The van der Waals surface area contributed by atoms with E-state index < -0.39 is 5.97 Å². The summed E-state index contributed by atoms with van der Waals surface area (Å²) in [5.41, 5.74) is 6.33. The molecule has 0 unspecified atom stereocenters. The predicted octanol–water partition coefficient (Wildman–Crippen LogP) is 2.97. The largest absolute Gasteiger partial charge is 0.478 e. The van der Waals surface area contributed by atoms with Gasteiger partial charge in [-0.05, 0) is 37.1 Å². The smallest absolute Gasteiger partial charge is 0.335 e. The second kappa shape index (κ2) is 11.1. The molecule has 166 valence electrons. The van der Waals surface area contributed by atoms with Crippen LogP contribution in [0.15, 0.2) is 47.6 Å². The Bertz CT molecular complexity index is 954. The summed E-state index contributed by atoms with van der Waals surface area (Å²) in [4.78, 5) is 38.5. The molecule has 9 heteroatoms.